The van der Waals surface area contributed by atoms with Gasteiger partial charge in [-0.2, -0.15) is 5.10 Å². The van der Waals surface area contributed by atoms with Gasteiger partial charge in [-0.1, -0.05) is 17.7 Å². The van der Waals surface area contributed by atoms with Crippen LogP contribution in [-0.2, 0) is 13.6 Å². The van der Waals surface area contributed by atoms with Gasteiger partial charge in [0.1, 0.15) is 24.2 Å². The van der Waals surface area contributed by atoms with E-state index in [0.29, 0.717) is 28.8 Å². The lowest BCUT2D eigenvalue weighted by Gasteiger charge is -2.03. The van der Waals surface area contributed by atoms with E-state index in [9.17, 15) is 0 Å². The van der Waals surface area contributed by atoms with Crippen LogP contribution in [0.15, 0.2) is 59.2 Å². The molecular formula is C17H18ClN6+. The van der Waals surface area contributed by atoms with E-state index in [-0.39, 0.29) is 0 Å². The zero-order valence-corrected chi connectivity index (χ0v) is 14.3. The number of nitrogens with two attached hydrogens (primary N) is 1. The third kappa shape index (κ3) is 3.60. The first kappa shape index (κ1) is 16.1. The molecule has 24 heavy (non-hydrogen) atoms. The number of halogens is 1. The SMILES string of the molecule is Cc1ccc(N=Nc2cnn(Cc3ccc[n+](C)c3)c2N)c(Cl)c1. The van der Waals surface area contributed by atoms with Gasteiger partial charge < -0.3 is 5.73 Å². The number of aryl methyl sites for hydroxylation is 2. The Bertz CT molecular complexity index is 900. The van der Waals surface area contributed by atoms with Crippen molar-refractivity contribution in [2.45, 2.75) is 13.5 Å². The summed E-state index contributed by atoms with van der Waals surface area (Å²) in [5.74, 6) is 0.466. The Hall–Kier alpha value is -2.73. The van der Waals surface area contributed by atoms with Crippen molar-refractivity contribution in [3.63, 3.8) is 0 Å². The Kier molecular flexibility index (Phi) is 4.57. The summed E-state index contributed by atoms with van der Waals surface area (Å²) >= 11 is 6.15. The number of rotatable bonds is 4. The molecule has 122 valence electrons. The number of benzene rings is 1. The van der Waals surface area contributed by atoms with Crippen LogP contribution in [0, 0.1) is 6.92 Å². The lowest BCUT2D eigenvalue weighted by Crippen LogP contribution is -2.27. The lowest BCUT2D eigenvalue weighted by atomic mass is 10.2. The van der Waals surface area contributed by atoms with Crippen molar-refractivity contribution in [2.75, 3.05) is 5.73 Å². The van der Waals surface area contributed by atoms with Crippen molar-refractivity contribution in [1.29, 1.82) is 0 Å². The maximum atomic E-state index is 6.15. The maximum absolute atomic E-state index is 6.15. The summed E-state index contributed by atoms with van der Waals surface area (Å²) in [6.45, 7) is 2.54. The first-order valence-corrected chi connectivity index (χ1v) is 7.84. The zero-order chi connectivity index (χ0) is 17.1. The molecule has 0 saturated carbocycles. The van der Waals surface area contributed by atoms with Gasteiger partial charge in [-0.15, -0.1) is 10.2 Å². The Labute approximate surface area is 145 Å². The van der Waals surface area contributed by atoms with Gasteiger partial charge in [-0.25, -0.2) is 9.25 Å². The van der Waals surface area contributed by atoms with Gasteiger partial charge in [-0.3, -0.25) is 0 Å². The number of nitrogen functional groups attached to an aromatic ring is 1. The fraction of sp³-hybridized carbons (Fsp3) is 0.176. The second-order valence-corrected chi connectivity index (χ2v) is 6.01. The number of hydrogen-bond acceptors (Lipinski definition) is 4. The number of pyridine rings is 1. The van der Waals surface area contributed by atoms with Crippen molar-refractivity contribution >= 4 is 28.8 Å². The van der Waals surface area contributed by atoms with Crippen molar-refractivity contribution in [3.05, 3.63) is 65.1 Å². The number of azo groups is 1. The molecule has 2 heterocycles. The molecule has 0 spiro atoms. The van der Waals surface area contributed by atoms with E-state index in [2.05, 4.69) is 15.3 Å². The monoisotopic (exact) mass is 341 g/mol. The van der Waals surface area contributed by atoms with Gasteiger partial charge in [-0.05, 0) is 30.7 Å². The Morgan fingerprint density at radius 1 is 1.25 bits per heavy atom. The second-order valence-electron chi connectivity index (χ2n) is 5.61. The molecule has 3 aromatic rings. The van der Waals surface area contributed by atoms with Crippen molar-refractivity contribution < 1.29 is 4.57 Å². The zero-order valence-electron chi connectivity index (χ0n) is 13.5. The molecule has 2 N–H and O–H groups in total. The molecule has 0 saturated heterocycles. The van der Waals surface area contributed by atoms with Gasteiger partial charge in [0.05, 0.1) is 17.8 Å². The minimum Gasteiger partial charge on any atom is -0.382 e. The minimum atomic E-state index is 0.466. The van der Waals surface area contributed by atoms with Crippen molar-refractivity contribution in [2.24, 2.45) is 17.3 Å². The summed E-state index contributed by atoms with van der Waals surface area (Å²) in [5.41, 5.74) is 9.41. The quantitative estimate of drug-likeness (QED) is 0.580. The Morgan fingerprint density at radius 3 is 2.79 bits per heavy atom. The molecule has 0 radical (unpaired) electrons. The molecule has 0 bridgehead atoms. The van der Waals surface area contributed by atoms with Gasteiger partial charge >= 0.3 is 0 Å². The van der Waals surface area contributed by atoms with Crippen LogP contribution in [-0.4, -0.2) is 9.78 Å². The van der Waals surface area contributed by atoms with E-state index in [1.165, 1.54) is 0 Å². The van der Waals surface area contributed by atoms with Crippen molar-refractivity contribution in [3.8, 4) is 0 Å². The predicted molar refractivity (Wildman–Crippen MR) is 93.7 cm³/mol. The summed E-state index contributed by atoms with van der Waals surface area (Å²) in [6.07, 6.45) is 5.60. The molecule has 3 rings (SSSR count). The van der Waals surface area contributed by atoms with Crippen LogP contribution in [0.4, 0.5) is 17.2 Å². The van der Waals surface area contributed by atoms with Crippen LogP contribution in [0.1, 0.15) is 11.1 Å². The van der Waals surface area contributed by atoms with Crippen LogP contribution >= 0.6 is 11.6 Å². The first-order valence-electron chi connectivity index (χ1n) is 7.46. The number of hydrogen-bond donors (Lipinski definition) is 1. The van der Waals surface area contributed by atoms with Gasteiger partial charge in [0, 0.05) is 11.6 Å². The van der Waals surface area contributed by atoms with Gasteiger partial charge in [0.25, 0.3) is 0 Å². The molecule has 0 aliphatic rings. The van der Waals surface area contributed by atoms with E-state index < -0.39 is 0 Å². The Morgan fingerprint density at radius 2 is 2.04 bits per heavy atom. The fourth-order valence-corrected chi connectivity index (χ4v) is 2.58. The Balaban J connectivity index is 1.81. The van der Waals surface area contributed by atoms with E-state index in [0.717, 1.165) is 11.1 Å². The molecule has 6 nitrogen and oxygen atoms in total. The van der Waals surface area contributed by atoms with E-state index in [1.54, 1.807) is 10.9 Å². The van der Waals surface area contributed by atoms with Crippen LogP contribution in [0.25, 0.3) is 0 Å². The van der Waals surface area contributed by atoms with E-state index in [1.807, 2.05) is 61.3 Å². The summed E-state index contributed by atoms with van der Waals surface area (Å²) in [4.78, 5) is 0. The third-order valence-electron chi connectivity index (χ3n) is 3.56. The highest BCUT2D eigenvalue weighted by molar-refractivity contribution is 6.33. The average Bonchev–Trinajstić information content (AvgIpc) is 2.87. The van der Waals surface area contributed by atoms with Gasteiger partial charge in [0.2, 0.25) is 0 Å². The van der Waals surface area contributed by atoms with E-state index in [4.69, 9.17) is 17.3 Å². The van der Waals surface area contributed by atoms with Crippen LogP contribution in [0.3, 0.4) is 0 Å². The molecular weight excluding hydrogens is 324 g/mol. The normalized spacial score (nSPS) is 11.3. The van der Waals surface area contributed by atoms with E-state index >= 15 is 0 Å². The second kappa shape index (κ2) is 6.80. The van der Waals surface area contributed by atoms with Crippen LogP contribution in [0.5, 0.6) is 0 Å². The average molecular weight is 342 g/mol. The third-order valence-corrected chi connectivity index (χ3v) is 3.86. The topological polar surface area (TPSA) is 72.4 Å². The molecule has 0 atom stereocenters. The molecule has 0 unspecified atom stereocenters. The summed E-state index contributed by atoms with van der Waals surface area (Å²) in [6, 6.07) is 9.61. The summed E-state index contributed by atoms with van der Waals surface area (Å²) in [5, 5.41) is 13.2. The first-order chi connectivity index (χ1) is 11.5. The standard InChI is InChI=1S/C17H18ClN6/c1-12-5-6-15(14(18)8-12)21-22-16-9-20-24(17(16)19)11-13-4-3-7-23(2)10-13/h3-10H,11,19H2,1-2H3/q+1. The predicted octanol–water partition coefficient (Wildman–Crippen LogP) is 3.72. The smallest absolute Gasteiger partial charge is 0.173 e. The molecule has 1 aromatic carbocycles. The molecule has 2 aromatic heterocycles. The number of anilines is 1. The molecule has 0 amide bonds. The highest BCUT2D eigenvalue weighted by Crippen LogP contribution is 2.29. The highest BCUT2D eigenvalue weighted by atomic mass is 35.5. The largest absolute Gasteiger partial charge is 0.382 e. The molecule has 0 fully saturated rings. The fourth-order valence-electron chi connectivity index (χ4n) is 2.31. The van der Waals surface area contributed by atoms with Gasteiger partial charge in [0.15, 0.2) is 12.4 Å². The summed E-state index contributed by atoms with van der Waals surface area (Å²) < 4.78 is 3.68. The van der Waals surface area contributed by atoms with Crippen LogP contribution in [0.2, 0.25) is 5.02 Å². The molecule has 7 heteroatoms. The minimum absolute atomic E-state index is 0.466. The molecule has 0 aliphatic heterocycles. The highest BCUT2D eigenvalue weighted by Gasteiger charge is 2.09. The summed E-state index contributed by atoms with van der Waals surface area (Å²) in [7, 11) is 1.97. The van der Waals surface area contributed by atoms with Crippen molar-refractivity contribution in [1.82, 2.24) is 9.78 Å². The van der Waals surface area contributed by atoms with Crippen LogP contribution < -0.4 is 10.3 Å². The molecule has 0 aliphatic carbocycles. The maximum Gasteiger partial charge on any atom is 0.173 e. The number of aromatic nitrogens is 3. The lowest BCUT2D eigenvalue weighted by molar-refractivity contribution is -0.671. The number of nitrogens with zero attached hydrogens (tertiary/aromatic N) is 5.